The molecule has 11 heteroatoms. The van der Waals surface area contributed by atoms with Crippen molar-refractivity contribution in [2.45, 2.75) is 37.3 Å². The Kier molecular flexibility index (Phi) is 4.70. The van der Waals surface area contributed by atoms with E-state index in [1.165, 1.54) is 6.07 Å². The van der Waals surface area contributed by atoms with E-state index in [4.69, 9.17) is 15.1 Å². The zero-order valence-electron chi connectivity index (χ0n) is 15.2. The molecule has 1 aromatic rings. The Morgan fingerprint density at radius 1 is 1.36 bits per heavy atom. The maximum atomic E-state index is 12.4. The van der Waals surface area contributed by atoms with Crippen LogP contribution in [0.1, 0.15) is 22.3 Å². The number of likely N-dealkylation sites (tertiary alicyclic amines) is 1. The van der Waals surface area contributed by atoms with Gasteiger partial charge in [-0.1, -0.05) is 12.4 Å². The van der Waals surface area contributed by atoms with Crippen LogP contribution in [0.15, 0.2) is 12.1 Å². The first-order chi connectivity index (χ1) is 13.2. The van der Waals surface area contributed by atoms with Crippen LogP contribution in [0.4, 0.5) is 0 Å². The van der Waals surface area contributed by atoms with Crippen LogP contribution in [0.2, 0.25) is 6.32 Å². The lowest BCUT2D eigenvalue weighted by atomic mass is 9.70. The van der Waals surface area contributed by atoms with Gasteiger partial charge in [-0.3, -0.25) is 4.79 Å². The number of aromatic carboxylic acids is 1. The van der Waals surface area contributed by atoms with Gasteiger partial charge in [0.1, 0.15) is 11.9 Å². The first kappa shape index (κ1) is 19.0. The van der Waals surface area contributed by atoms with Crippen LogP contribution in [0.3, 0.4) is 0 Å². The summed E-state index contributed by atoms with van der Waals surface area (Å²) in [6.45, 7) is -1.86. The van der Waals surface area contributed by atoms with Crippen molar-refractivity contribution < 1.29 is 34.1 Å². The van der Waals surface area contributed by atoms with E-state index in [1.54, 1.807) is 11.0 Å². The normalized spacial score (nSPS) is 26.2. The van der Waals surface area contributed by atoms with Gasteiger partial charge in [0, 0.05) is 12.6 Å². The van der Waals surface area contributed by atoms with Crippen LogP contribution in [-0.2, 0) is 11.2 Å². The summed E-state index contributed by atoms with van der Waals surface area (Å²) in [6.07, 6.45) is 0.463. The van der Waals surface area contributed by atoms with Crippen LogP contribution in [-0.4, -0.2) is 71.4 Å². The highest BCUT2D eigenvalue weighted by Crippen LogP contribution is 2.38. The molecule has 0 radical (unpaired) electrons. The fourth-order valence-electron chi connectivity index (χ4n) is 3.87. The summed E-state index contributed by atoms with van der Waals surface area (Å²) in [7, 11) is 0. The quantitative estimate of drug-likeness (QED) is 0.398. The lowest BCUT2D eigenvalue weighted by Gasteiger charge is -2.41. The van der Waals surface area contributed by atoms with Gasteiger partial charge in [-0.15, -0.1) is 0 Å². The number of carbonyl (C=O) groups is 2. The first-order valence-corrected chi connectivity index (χ1v) is 9.34. The number of carbonyl (C=O) groups excluding carboxylic acids is 2. The molecule has 0 aromatic heterocycles. The zero-order valence-corrected chi connectivity index (χ0v) is 15.2. The molecule has 152 valence electrons. The Morgan fingerprint density at radius 3 is 2.75 bits per heavy atom. The number of carboxylic acid groups (broad SMARTS) is 1. The van der Waals surface area contributed by atoms with Crippen LogP contribution < -0.4 is 25.5 Å². The Balaban J connectivity index is 1.45. The molecule has 0 saturated carbocycles. The maximum Gasteiger partial charge on any atom is 0.430 e. The molecule has 0 unspecified atom stereocenters. The highest BCUT2D eigenvalue weighted by molar-refractivity contribution is 6.59. The van der Waals surface area contributed by atoms with Crippen molar-refractivity contribution in [3.05, 3.63) is 23.3 Å². The van der Waals surface area contributed by atoms with Crippen molar-refractivity contribution in [2.24, 2.45) is 5.73 Å². The number of nitrogens with one attached hydrogen (secondary N) is 1. The Labute approximate surface area is 161 Å². The Bertz CT molecular complexity index is 812. The van der Waals surface area contributed by atoms with E-state index in [1.807, 2.05) is 0 Å². The first-order valence-electron chi connectivity index (χ1n) is 9.34. The third-order valence-electron chi connectivity index (χ3n) is 5.42. The molecule has 3 aliphatic rings. The van der Waals surface area contributed by atoms with Crippen molar-refractivity contribution in [3.63, 3.8) is 0 Å². The van der Waals surface area contributed by atoms with E-state index in [0.717, 1.165) is 0 Å². The van der Waals surface area contributed by atoms with E-state index in [2.05, 4.69) is 5.32 Å². The molecule has 2 fully saturated rings. The summed E-state index contributed by atoms with van der Waals surface area (Å²) >= 11 is 0. The number of nitrogens with two attached hydrogens (primary N) is 1. The van der Waals surface area contributed by atoms with Crippen molar-refractivity contribution in [2.75, 3.05) is 19.6 Å². The third-order valence-corrected chi connectivity index (χ3v) is 5.42. The molecule has 2 saturated heterocycles. The molecule has 3 heterocycles. The van der Waals surface area contributed by atoms with Gasteiger partial charge in [0.15, 0.2) is 0 Å². The molecular weight excluding hydrogens is 369 g/mol. The molecular formula is C17H22BN3O7-2. The standard InChI is InChI=1S/C17H23BN3O7/c19-10-5-12(20-6-10)16(22)21-7-11(8-21)27-13-2-1-9-3-4-18(25,26)28-15(9)14(13)17(23)24/h1-2,10-12,20,25-26H,3-8,19H2,(H,23,24)/q-1/p-1/t10-,12-/m0/s1. The van der Waals surface area contributed by atoms with Gasteiger partial charge in [0.2, 0.25) is 5.91 Å². The SMILES string of the molecule is N[C@@H]1CN[C@H](C(=O)N2CC(Oc3ccc4c(c3C(=O)[O-])O[B-](O)(O)CC4)C2)C1. The summed E-state index contributed by atoms with van der Waals surface area (Å²) in [5, 5.41) is 34.3. The summed E-state index contributed by atoms with van der Waals surface area (Å²) in [4.78, 5) is 25.7. The Morgan fingerprint density at radius 2 is 2.11 bits per heavy atom. The van der Waals surface area contributed by atoms with E-state index in [0.29, 0.717) is 31.6 Å². The minimum absolute atomic E-state index is 0.0156. The fraction of sp³-hybridized carbons (Fsp3) is 0.529. The van der Waals surface area contributed by atoms with Gasteiger partial charge in [0.25, 0.3) is 0 Å². The minimum atomic E-state index is -3.11. The number of aryl methyl sites for hydroxylation is 1. The van der Waals surface area contributed by atoms with Gasteiger partial charge in [0.05, 0.1) is 36.4 Å². The maximum absolute atomic E-state index is 12.4. The molecule has 10 nitrogen and oxygen atoms in total. The summed E-state index contributed by atoms with van der Waals surface area (Å²) in [6, 6.07) is 2.81. The topological polar surface area (TPSA) is 157 Å². The summed E-state index contributed by atoms with van der Waals surface area (Å²) in [5.74, 6) is -1.69. The number of fused-ring (bicyclic) bond motifs is 1. The highest BCUT2D eigenvalue weighted by atomic mass is 16.6. The summed E-state index contributed by atoms with van der Waals surface area (Å²) < 4.78 is 10.9. The van der Waals surface area contributed by atoms with Gasteiger partial charge in [-0.25, -0.2) is 0 Å². The largest absolute Gasteiger partial charge is 0.669 e. The van der Waals surface area contributed by atoms with E-state index < -0.39 is 12.7 Å². The Hall–Kier alpha value is -2.34. The van der Waals surface area contributed by atoms with Crippen LogP contribution in [0, 0.1) is 0 Å². The molecule has 0 spiro atoms. The monoisotopic (exact) mass is 391 g/mol. The number of hydrogen-bond acceptors (Lipinski definition) is 9. The third kappa shape index (κ3) is 3.53. The van der Waals surface area contributed by atoms with Crippen LogP contribution >= 0.6 is 0 Å². The van der Waals surface area contributed by atoms with Crippen molar-refractivity contribution in [3.8, 4) is 11.5 Å². The molecule has 3 aliphatic heterocycles. The average Bonchev–Trinajstić information content (AvgIpc) is 3.02. The van der Waals surface area contributed by atoms with E-state index >= 15 is 0 Å². The van der Waals surface area contributed by atoms with Crippen LogP contribution in [0.25, 0.3) is 0 Å². The number of ether oxygens (including phenoxy) is 1. The predicted molar refractivity (Wildman–Crippen MR) is 95.5 cm³/mol. The smallest absolute Gasteiger partial charge is 0.430 e. The fourth-order valence-corrected chi connectivity index (χ4v) is 3.87. The minimum Gasteiger partial charge on any atom is -0.669 e. The summed E-state index contributed by atoms with van der Waals surface area (Å²) in [5.41, 5.74) is 6.00. The number of carboxylic acids is 1. The number of rotatable bonds is 4. The molecule has 28 heavy (non-hydrogen) atoms. The van der Waals surface area contributed by atoms with Gasteiger partial charge in [-0.05, 0) is 24.5 Å². The number of nitrogens with zero attached hydrogens (tertiary/aromatic N) is 1. The zero-order chi connectivity index (χ0) is 20.1. The van der Waals surface area contributed by atoms with E-state index in [9.17, 15) is 24.7 Å². The number of amides is 1. The second-order valence-corrected chi connectivity index (χ2v) is 7.67. The second-order valence-electron chi connectivity index (χ2n) is 7.67. The van der Waals surface area contributed by atoms with Crippen molar-refractivity contribution in [1.29, 1.82) is 0 Å². The molecule has 1 amide bonds. The van der Waals surface area contributed by atoms with Crippen molar-refractivity contribution >= 4 is 18.6 Å². The lowest BCUT2D eigenvalue weighted by Crippen LogP contribution is -2.59. The molecule has 1 aromatic carbocycles. The van der Waals surface area contributed by atoms with E-state index in [-0.39, 0.29) is 53.9 Å². The molecule has 4 rings (SSSR count). The second kappa shape index (κ2) is 6.92. The average molecular weight is 391 g/mol. The molecule has 0 aliphatic carbocycles. The lowest BCUT2D eigenvalue weighted by molar-refractivity contribution is -0.255. The van der Waals surface area contributed by atoms with Gasteiger partial charge in [-0.2, -0.15) is 0 Å². The van der Waals surface area contributed by atoms with Crippen LogP contribution in [0.5, 0.6) is 11.5 Å². The molecule has 2 atom stereocenters. The predicted octanol–water partition coefficient (Wildman–Crippen LogP) is -2.81. The number of hydrogen-bond donors (Lipinski definition) is 4. The van der Waals surface area contributed by atoms with Crippen molar-refractivity contribution in [1.82, 2.24) is 10.2 Å². The molecule has 5 N–H and O–H groups in total. The van der Waals surface area contributed by atoms with Gasteiger partial charge >= 0.3 is 6.75 Å². The molecule has 0 bridgehead atoms. The number of benzene rings is 1. The highest BCUT2D eigenvalue weighted by Gasteiger charge is 2.39. The van der Waals surface area contributed by atoms with Gasteiger partial charge < -0.3 is 45.3 Å².